The summed E-state index contributed by atoms with van der Waals surface area (Å²) < 4.78 is 2.69. The molecule has 0 spiro atoms. The van der Waals surface area contributed by atoms with Crippen LogP contribution in [-0.4, -0.2) is 22.0 Å². The Morgan fingerprint density at radius 2 is 2.32 bits per heavy atom. The van der Waals surface area contributed by atoms with Gasteiger partial charge in [-0.15, -0.1) is 0 Å². The number of halogens is 1. The maximum atomic E-state index is 12.1. The van der Waals surface area contributed by atoms with E-state index in [0.29, 0.717) is 12.5 Å². The van der Waals surface area contributed by atoms with Crippen LogP contribution in [-0.2, 0) is 4.79 Å². The summed E-state index contributed by atoms with van der Waals surface area (Å²) in [5.41, 5.74) is 7.57. The normalized spacial score (nSPS) is 12.6. The largest absolute Gasteiger partial charge is 0.369 e. The Kier molecular flexibility index (Phi) is 4.09. The number of nitrogens with two attached hydrogens (primary N) is 1. The number of nitrogens with one attached hydrogen (secondary N) is 1. The number of nitrogen functional groups attached to an aromatic ring is 1. The molecule has 5 nitrogen and oxygen atoms in total. The molecule has 1 unspecified atom stereocenters. The van der Waals surface area contributed by atoms with Gasteiger partial charge in [0.15, 0.2) is 0 Å². The average molecular weight is 325 g/mol. The lowest BCUT2D eigenvalue weighted by Crippen LogP contribution is -2.31. The molecule has 1 amide bonds. The molecule has 1 aromatic carbocycles. The van der Waals surface area contributed by atoms with E-state index in [4.69, 9.17) is 5.73 Å². The molecule has 2 rings (SSSR count). The summed E-state index contributed by atoms with van der Waals surface area (Å²) in [5, 5.41) is 2.87. The molecule has 0 saturated heterocycles. The lowest BCUT2D eigenvalue weighted by atomic mass is 10.2. The summed E-state index contributed by atoms with van der Waals surface area (Å²) in [6.07, 6.45) is 0.907. The summed E-state index contributed by atoms with van der Waals surface area (Å²) in [5.74, 6) is 0.306. The van der Waals surface area contributed by atoms with Gasteiger partial charge in [-0.25, -0.2) is 4.98 Å². The molecular formula is C13H17BrN4O. The monoisotopic (exact) mass is 324 g/mol. The first-order valence-corrected chi connectivity index (χ1v) is 7.04. The van der Waals surface area contributed by atoms with Crippen LogP contribution in [0.4, 0.5) is 5.95 Å². The molecule has 19 heavy (non-hydrogen) atoms. The van der Waals surface area contributed by atoms with E-state index in [1.807, 2.05) is 32.0 Å². The number of carbonyl (C=O) groups excluding carboxylic acids is 1. The van der Waals surface area contributed by atoms with Crippen molar-refractivity contribution in [2.75, 3.05) is 12.3 Å². The van der Waals surface area contributed by atoms with Crippen molar-refractivity contribution in [1.29, 1.82) is 0 Å². The highest BCUT2D eigenvalue weighted by Crippen LogP contribution is 2.25. The van der Waals surface area contributed by atoms with E-state index in [2.05, 4.69) is 26.2 Å². The number of fused-ring (bicyclic) bond motifs is 1. The minimum atomic E-state index is -0.383. The minimum Gasteiger partial charge on any atom is -0.369 e. The van der Waals surface area contributed by atoms with E-state index in [9.17, 15) is 4.79 Å². The topological polar surface area (TPSA) is 72.9 Å². The highest BCUT2D eigenvalue weighted by atomic mass is 79.9. The van der Waals surface area contributed by atoms with Crippen LogP contribution in [0, 0.1) is 0 Å². The van der Waals surface area contributed by atoms with Crippen LogP contribution in [0.2, 0.25) is 0 Å². The van der Waals surface area contributed by atoms with Crippen LogP contribution >= 0.6 is 15.9 Å². The number of rotatable bonds is 4. The Hall–Kier alpha value is -1.56. The molecule has 1 heterocycles. The summed E-state index contributed by atoms with van der Waals surface area (Å²) in [6.45, 7) is 4.51. The Morgan fingerprint density at radius 1 is 1.58 bits per heavy atom. The maximum absolute atomic E-state index is 12.1. The van der Waals surface area contributed by atoms with Gasteiger partial charge in [0.1, 0.15) is 6.04 Å². The Bertz CT molecular complexity index is 608. The summed E-state index contributed by atoms with van der Waals surface area (Å²) in [4.78, 5) is 16.3. The quantitative estimate of drug-likeness (QED) is 0.907. The number of imidazole rings is 1. The number of amides is 1. The van der Waals surface area contributed by atoms with E-state index in [0.717, 1.165) is 21.9 Å². The molecule has 0 aliphatic rings. The van der Waals surface area contributed by atoms with Crippen LogP contribution in [0.1, 0.15) is 26.3 Å². The van der Waals surface area contributed by atoms with E-state index in [1.165, 1.54) is 0 Å². The summed E-state index contributed by atoms with van der Waals surface area (Å²) >= 11 is 3.42. The smallest absolute Gasteiger partial charge is 0.242 e. The SMILES string of the molecule is CCCNC(=O)C(C)n1c(N)nc2ccc(Br)cc21. The molecule has 0 aliphatic carbocycles. The second-order valence-corrected chi connectivity index (χ2v) is 5.36. The Balaban J connectivity index is 2.40. The molecule has 0 bridgehead atoms. The molecule has 3 N–H and O–H groups in total. The van der Waals surface area contributed by atoms with Gasteiger partial charge in [0.05, 0.1) is 11.0 Å². The van der Waals surface area contributed by atoms with Crippen molar-refractivity contribution in [2.45, 2.75) is 26.3 Å². The van der Waals surface area contributed by atoms with Crippen molar-refractivity contribution in [3.63, 3.8) is 0 Å². The van der Waals surface area contributed by atoms with Crippen LogP contribution in [0.5, 0.6) is 0 Å². The predicted octanol–water partition coefficient (Wildman–Crippen LogP) is 2.47. The van der Waals surface area contributed by atoms with Gasteiger partial charge in [-0.1, -0.05) is 22.9 Å². The third-order valence-corrected chi connectivity index (χ3v) is 3.49. The van der Waals surface area contributed by atoms with Crippen LogP contribution < -0.4 is 11.1 Å². The summed E-state index contributed by atoms with van der Waals surface area (Å²) in [7, 11) is 0. The fraction of sp³-hybridized carbons (Fsp3) is 0.385. The van der Waals surface area contributed by atoms with Gasteiger partial charge in [0, 0.05) is 11.0 Å². The van der Waals surface area contributed by atoms with Gasteiger partial charge < -0.3 is 11.1 Å². The number of hydrogen-bond donors (Lipinski definition) is 2. The minimum absolute atomic E-state index is 0.0483. The molecule has 0 fully saturated rings. The van der Waals surface area contributed by atoms with E-state index in [-0.39, 0.29) is 11.9 Å². The summed E-state index contributed by atoms with van der Waals surface area (Å²) in [6, 6.07) is 5.32. The zero-order chi connectivity index (χ0) is 14.0. The second kappa shape index (κ2) is 5.61. The van der Waals surface area contributed by atoms with Gasteiger partial charge in [-0.05, 0) is 31.5 Å². The fourth-order valence-electron chi connectivity index (χ4n) is 2.00. The molecule has 1 atom stereocenters. The molecular weight excluding hydrogens is 308 g/mol. The first-order valence-electron chi connectivity index (χ1n) is 6.25. The van der Waals surface area contributed by atoms with Gasteiger partial charge in [0.25, 0.3) is 0 Å². The first kappa shape index (κ1) is 13.9. The van der Waals surface area contributed by atoms with Crippen molar-refractivity contribution in [2.24, 2.45) is 0 Å². The van der Waals surface area contributed by atoms with Crippen LogP contribution in [0.3, 0.4) is 0 Å². The van der Waals surface area contributed by atoms with E-state index < -0.39 is 0 Å². The van der Waals surface area contributed by atoms with Gasteiger partial charge >= 0.3 is 0 Å². The Morgan fingerprint density at radius 3 is 3.00 bits per heavy atom. The maximum Gasteiger partial charge on any atom is 0.242 e. The molecule has 6 heteroatoms. The number of anilines is 1. The van der Waals surface area contributed by atoms with Crippen molar-refractivity contribution in [3.8, 4) is 0 Å². The highest BCUT2D eigenvalue weighted by molar-refractivity contribution is 9.10. The Labute approximate surface area is 120 Å². The van der Waals surface area contributed by atoms with Crippen molar-refractivity contribution in [3.05, 3.63) is 22.7 Å². The zero-order valence-corrected chi connectivity index (χ0v) is 12.6. The number of aromatic nitrogens is 2. The standard InChI is InChI=1S/C13H17BrN4O/c1-3-6-16-12(19)8(2)18-11-7-9(14)4-5-10(11)17-13(18)15/h4-5,7-8H,3,6H2,1-2H3,(H2,15,17)(H,16,19). The second-order valence-electron chi connectivity index (χ2n) is 4.44. The molecule has 2 aromatic rings. The molecule has 0 saturated carbocycles. The molecule has 1 aromatic heterocycles. The number of hydrogen-bond acceptors (Lipinski definition) is 3. The van der Waals surface area contributed by atoms with E-state index >= 15 is 0 Å². The van der Waals surface area contributed by atoms with Crippen LogP contribution in [0.15, 0.2) is 22.7 Å². The van der Waals surface area contributed by atoms with Crippen molar-refractivity contribution in [1.82, 2.24) is 14.9 Å². The lowest BCUT2D eigenvalue weighted by Gasteiger charge is -2.15. The van der Waals surface area contributed by atoms with Gasteiger partial charge in [0.2, 0.25) is 11.9 Å². The molecule has 0 aliphatic heterocycles. The van der Waals surface area contributed by atoms with Crippen LogP contribution in [0.25, 0.3) is 11.0 Å². The lowest BCUT2D eigenvalue weighted by molar-refractivity contribution is -0.123. The highest BCUT2D eigenvalue weighted by Gasteiger charge is 2.20. The van der Waals surface area contributed by atoms with Crippen molar-refractivity contribution >= 4 is 38.8 Å². The van der Waals surface area contributed by atoms with Gasteiger partial charge in [-0.2, -0.15) is 0 Å². The average Bonchev–Trinajstić information content (AvgIpc) is 2.70. The number of nitrogens with zero attached hydrogens (tertiary/aromatic N) is 2. The zero-order valence-electron chi connectivity index (χ0n) is 11.0. The third kappa shape index (κ3) is 2.73. The van der Waals surface area contributed by atoms with E-state index in [1.54, 1.807) is 4.57 Å². The fourth-order valence-corrected chi connectivity index (χ4v) is 2.35. The number of benzene rings is 1. The molecule has 102 valence electrons. The predicted molar refractivity (Wildman–Crippen MR) is 79.9 cm³/mol. The van der Waals surface area contributed by atoms with Crippen molar-refractivity contribution < 1.29 is 4.79 Å². The number of carbonyl (C=O) groups is 1. The molecule has 0 radical (unpaired) electrons. The third-order valence-electron chi connectivity index (χ3n) is 2.99. The van der Waals surface area contributed by atoms with Gasteiger partial charge in [-0.3, -0.25) is 9.36 Å². The first-order chi connectivity index (χ1) is 9.04.